The van der Waals surface area contributed by atoms with Crippen LogP contribution in [0.5, 0.6) is 17.2 Å². The predicted octanol–water partition coefficient (Wildman–Crippen LogP) is 1.57. The van der Waals surface area contributed by atoms with Crippen LogP contribution in [0.15, 0.2) is 42.9 Å². The molecule has 1 unspecified atom stereocenters. The average molecular weight is 652 g/mol. The molecule has 0 aliphatic carbocycles. The summed E-state index contributed by atoms with van der Waals surface area (Å²) in [5.74, 6) is -0.678. The Morgan fingerprint density at radius 1 is 1.08 bits per heavy atom. The van der Waals surface area contributed by atoms with E-state index in [1.54, 1.807) is 34.6 Å². The second kappa shape index (κ2) is 11.5. The molecule has 2 atom stereocenters. The number of aromatic nitrogens is 4. The molecule has 3 aliphatic heterocycles. The van der Waals surface area contributed by atoms with Gasteiger partial charge in [-0.15, -0.1) is 0 Å². The number of rotatable bonds is 4. The van der Waals surface area contributed by atoms with Gasteiger partial charge in [0.1, 0.15) is 34.4 Å². The number of amides is 2. The van der Waals surface area contributed by atoms with E-state index in [1.165, 1.54) is 18.5 Å². The predicted molar refractivity (Wildman–Crippen MR) is 163 cm³/mol. The molecule has 2 amide bonds. The number of pyridine rings is 1. The minimum Gasteiger partial charge on any atom is -0.426 e. The number of anilines is 2. The first kappa shape index (κ1) is 30.3. The van der Waals surface area contributed by atoms with Crippen LogP contribution in [-0.2, 0) is 19.2 Å². The molecule has 1 aromatic carbocycles. The van der Waals surface area contributed by atoms with Crippen LogP contribution in [0, 0.1) is 11.8 Å². The van der Waals surface area contributed by atoms with Gasteiger partial charge in [0.15, 0.2) is 17.1 Å². The molecular formula is C32H25N7O9. The highest BCUT2D eigenvalue weighted by molar-refractivity contribution is 6.10. The van der Waals surface area contributed by atoms with Gasteiger partial charge in [0.25, 0.3) is 11.8 Å². The minimum absolute atomic E-state index is 0.0397. The molecule has 3 bridgehead atoms. The Kier molecular flexibility index (Phi) is 7.25. The van der Waals surface area contributed by atoms with Crippen LogP contribution in [0.25, 0.3) is 16.8 Å². The second-order valence-corrected chi connectivity index (χ2v) is 11.2. The molecule has 1 saturated heterocycles. The monoisotopic (exact) mass is 651 g/mol. The third kappa shape index (κ3) is 5.02. The van der Waals surface area contributed by atoms with Crippen LogP contribution < -0.4 is 25.3 Å². The van der Waals surface area contributed by atoms with Crippen LogP contribution in [0.1, 0.15) is 54.8 Å². The number of nitrogen functional groups attached to an aromatic ring is 1. The number of hydrogen-bond acceptors (Lipinski definition) is 13. The first-order valence-corrected chi connectivity index (χ1v) is 14.7. The maximum Gasteiger partial charge on any atom is 0.344 e. The van der Waals surface area contributed by atoms with Gasteiger partial charge in [-0.2, -0.15) is 0 Å². The number of nitrogens with one attached hydrogen (secondary N) is 1. The van der Waals surface area contributed by atoms with Crippen LogP contribution in [0.2, 0.25) is 0 Å². The third-order valence-electron chi connectivity index (χ3n) is 8.13. The van der Waals surface area contributed by atoms with E-state index in [4.69, 9.17) is 24.9 Å². The van der Waals surface area contributed by atoms with E-state index in [9.17, 15) is 29.1 Å². The lowest BCUT2D eigenvalue weighted by Gasteiger charge is -2.26. The topological polar surface area (TPSA) is 218 Å². The highest BCUT2D eigenvalue weighted by Crippen LogP contribution is 2.51. The number of carbonyl (C=O) groups is 5. The molecule has 16 heteroatoms. The molecule has 4 aromatic rings. The summed E-state index contributed by atoms with van der Waals surface area (Å²) in [6, 6.07) is 5.33. The highest BCUT2D eigenvalue weighted by atomic mass is 16.6. The Labute approximate surface area is 270 Å². The lowest BCUT2D eigenvalue weighted by Crippen LogP contribution is -2.47. The quantitative estimate of drug-likeness (QED) is 0.162. The number of aliphatic hydroxyl groups is 1. The van der Waals surface area contributed by atoms with Crippen LogP contribution in [0.4, 0.5) is 11.6 Å². The van der Waals surface area contributed by atoms with Crippen LogP contribution in [0.3, 0.4) is 0 Å². The molecule has 1 fully saturated rings. The Bertz CT molecular complexity index is 2140. The van der Waals surface area contributed by atoms with E-state index in [0.29, 0.717) is 25.2 Å². The van der Waals surface area contributed by atoms with Crippen molar-refractivity contribution in [3.8, 4) is 40.3 Å². The van der Waals surface area contributed by atoms with E-state index >= 15 is 0 Å². The summed E-state index contributed by atoms with van der Waals surface area (Å²) in [7, 11) is 0. The van der Waals surface area contributed by atoms with Gasteiger partial charge in [-0.25, -0.2) is 19.7 Å². The summed E-state index contributed by atoms with van der Waals surface area (Å²) in [5, 5.41) is 13.7. The van der Waals surface area contributed by atoms with Gasteiger partial charge in [-0.3, -0.25) is 23.6 Å². The van der Waals surface area contributed by atoms with Crippen molar-refractivity contribution in [1.29, 1.82) is 0 Å². The zero-order valence-electron chi connectivity index (χ0n) is 25.2. The fourth-order valence-corrected chi connectivity index (χ4v) is 6.04. The number of esters is 3. The molecule has 4 N–H and O–H groups in total. The fraction of sp³-hybridized carbons (Fsp3) is 0.250. The SMILES string of the molecule is CC#CC(=O)N1CCC[C@H]1c1nc(-c2c3cc(C(=O)Nc4ccccn4)c4c2OC(=O)C(O)(CC(=O)O3)CC(=O)O4)c2c(N)nccn12. The first-order valence-electron chi connectivity index (χ1n) is 14.7. The molecular weight excluding hydrogens is 626 g/mol. The highest BCUT2D eigenvalue weighted by Gasteiger charge is 2.49. The number of nitrogens with zero attached hydrogens (tertiary/aromatic N) is 5. The minimum atomic E-state index is -2.65. The number of benzene rings is 1. The van der Waals surface area contributed by atoms with Gasteiger partial charge in [-0.1, -0.05) is 12.0 Å². The van der Waals surface area contributed by atoms with Crippen molar-refractivity contribution < 1.29 is 43.3 Å². The van der Waals surface area contributed by atoms with Crippen molar-refractivity contribution in [2.75, 3.05) is 17.6 Å². The second-order valence-electron chi connectivity index (χ2n) is 11.2. The van der Waals surface area contributed by atoms with Crippen molar-refractivity contribution in [1.82, 2.24) is 24.3 Å². The molecule has 16 nitrogen and oxygen atoms in total. The summed E-state index contributed by atoms with van der Waals surface area (Å²) in [4.78, 5) is 81.2. The van der Waals surface area contributed by atoms with Gasteiger partial charge in [0.05, 0.1) is 30.0 Å². The molecule has 7 rings (SSSR count). The molecule has 0 spiro atoms. The fourth-order valence-electron chi connectivity index (χ4n) is 6.04. The van der Waals surface area contributed by atoms with Crippen LogP contribution >= 0.6 is 0 Å². The Balaban J connectivity index is 1.51. The van der Waals surface area contributed by atoms with Gasteiger partial charge in [0, 0.05) is 25.1 Å². The maximum atomic E-state index is 13.7. The first-order chi connectivity index (χ1) is 23.1. The summed E-state index contributed by atoms with van der Waals surface area (Å²) >= 11 is 0. The zero-order valence-corrected chi connectivity index (χ0v) is 25.2. The Morgan fingerprint density at radius 2 is 1.88 bits per heavy atom. The van der Waals surface area contributed by atoms with Crippen molar-refractivity contribution in [2.24, 2.45) is 0 Å². The molecule has 48 heavy (non-hydrogen) atoms. The Morgan fingerprint density at radius 3 is 2.62 bits per heavy atom. The van der Waals surface area contributed by atoms with Gasteiger partial charge >= 0.3 is 17.9 Å². The van der Waals surface area contributed by atoms with Gasteiger partial charge in [-0.05, 0) is 43.9 Å². The molecule has 3 aliphatic rings. The van der Waals surface area contributed by atoms with E-state index in [2.05, 4.69) is 27.1 Å². The number of hydrogen-bond donors (Lipinski definition) is 3. The molecule has 6 heterocycles. The van der Waals surface area contributed by atoms with Crippen molar-refractivity contribution in [3.05, 3.63) is 54.2 Å². The average Bonchev–Trinajstić information content (AvgIpc) is 3.67. The summed E-state index contributed by atoms with van der Waals surface area (Å²) in [6.45, 7) is 1.96. The van der Waals surface area contributed by atoms with Gasteiger partial charge in [0.2, 0.25) is 0 Å². The zero-order chi connectivity index (χ0) is 33.7. The van der Waals surface area contributed by atoms with E-state index < -0.39 is 65.7 Å². The lowest BCUT2D eigenvalue weighted by molar-refractivity contribution is -0.168. The summed E-state index contributed by atoms with van der Waals surface area (Å²) in [5.41, 5.74) is 3.29. The van der Waals surface area contributed by atoms with Crippen molar-refractivity contribution in [3.63, 3.8) is 0 Å². The lowest BCUT2D eigenvalue weighted by atomic mass is 9.95. The number of carbonyl (C=O) groups excluding carboxylic acids is 5. The van der Waals surface area contributed by atoms with Gasteiger partial charge < -0.3 is 35.3 Å². The Hall–Kier alpha value is -6.34. The molecule has 3 aromatic heterocycles. The van der Waals surface area contributed by atoms with Crippen molar-refractivity contribution in [2.45, 2.75) is 44.2 Å². The molecule has 0 saturated carbocycles. The van der Waals surface area contributed by atoms with Crippen LogP contribution in [-0.4, -0.2) is 71.2 Å². The maximum absolute atomic E-state index is 13.7. The van der Waals surface area contributed by atoms with Crippen molar-refractivity contribution >= 4 is 46.9 Å². The number of likely N-dealkylation sites (tertiary alicyclic amines) is 1. The number of imidazole rings is 1. The smallest absolute Gasteiger partial charge is 0.344 e. The largest absolute Gasteiger partial charge is 0.426 e. The third-order valence-corrected chi connectivity index (χ3v) is 8.13. The van der Waals surface area contributed by atoms with E-state index in [-0.39, 0.29) is 39.7 Å². The standard InChI is InChI=1S/C32H25N7O9/c1-2-6-20(40)38-11-5-7-17(38)29-37-24(25-28(33)35-10-12-39(25)29)23-18-13-16(30(43)36-19-8-3-4-9-34-19)26-27(23)48-31(44)32(45,14-21(41)46-18)15-22(42)47-26/h3-4,8-10,12-13,17,45H,5,7,11,14-15H2,1H3,(H2,33,35)(H,34,36,43)/t17-,32?/m0/s1. The normalized spacial score (nSPS) is 20.0. The number of ether oxygens (including phenoxy) is 3. The summed E-state index contributed by atoms with van der Waals surface area (Å²) in [6.07, 6.45) is 3.66. The van der Waals surface area contributed by atoms with E-state index in [1.807, 2.05) is 0 Å². The summed E-state index contributed by atoms with van der Waals surface area (Å²) < 4.78 is 18.6. The number of nitrogens with two attached hydrogens (primary N) is 1. The molecule has 242 valence electrons. The number of fused-ring (bicyclic) bond motifs is 4. The van der Waals surface area contributed by atoms with E-state index in [0.717, 1.165) is 6.07 Å². The molecule has 0 radical (unpaired) electrons.